The monoisotopic (exact) mass is 338 g/mol. The highest BCUT2D eigenvalue weighted by Crippen LogP contribution is 2.43. The van der Waals surface area contributed by atoms with E-state index < -0.39 is 6.10 Å². The summed E-state index contributed by atoms with van der Waals surface area (Å²) in [6, 6.07) is 12.8. The van der Waals surface area contributed by atoms with Gasteiger partial charge in [0.25, 0.3) is 0 Å². The molecule has 3 rings (SSSR count). The first kappa shape index (κ1) is 13.2. The van der Waals surface area contributed by atoms with Gasteiger partial charge in [-0.3, -0.25) is 0 Å². The van der Waals surface area contributed by atoms with Crippen LogP contribution in [0.5, 0.6) is 0 Å². The van der Waals surface area contributed by atoms with Crippen molar-refractivity contribution in [3.63, 3.8) is 0 Å². The summed E-state index contributed by atoms with van der Waals surface area (Å²) < 4.78 is 14.6. The van der Waals surface area contributed by atoms with Gasteiger partial charge in [0.15, 0.2) is 0 Å². The van der Waals surface area contributed by atoms with E-state index in [1.807, 2.05) is 18.2 Å². The molecule has 1 N–H and O–H groups in total. The first-order chi connectivity index (χ1) is 9.15. The molecule has 0 radical (unpaired) electrons. The SMILES string of the molecule is OC(c1cc(Br)ccc1F)C1Cc2ccccc2S1. The Kier molecular flexibility index (Phi) is 3.65. The predicted octanol–water partition coefficient (Wildman–Crippen LogP) is 4.34. The van der Waals surface area contributed by atoms with Gasteiger partial charge in [0.05, 0.1) is 6.10 Å². The summed E-state index contributed by atoms with van der Waals surface area (Å²) in [6.07, 6.45) is -0.0246. The molecule has 19 heavy (non-hydrogen) atoms. The van der Waals surface area contributed by atoms with Crippen LogP contribution < -0.4 is 0 Å². The minimum absolute atomic E-state index is 0.0267. The molecule has 0 aliphatic carbocycles. The highest BCUT2D eigenvalue weighted by atomic mass is 79.9. The molecule has 0 aromatic heterocycles. The molecule has 2 unspecified atom stereocenters. The number of fused-ring (bicyclic) bond motifs is 1. The van der Waals surface area contributed by atoms with E-state index in [2.05, 4.69) is 22.0 Å². The molecule has 1 heterocycles. The molecule has 0 bridgehead atoms. The van der Waals surface area contributed by atoms with Crippen molar-refractivity contribution in [1.82, 2.24) is 0 Å². The summed E-state index contributed by atoms with van der Waals surface area (Å²) in [4.78, 5) is 1.18. The lowest BCUT2D eigenvalue weighted by Gasteiger charge is -2.18. The topological polar surface area (TPSA) is 20.2 Å². The van der Waals surface area contributed by atoms with Gasteiger partial charge < -0.3 is 5.11 Å². The normalized spacial score (nSPS) is 19.2. The number of benzene rings is 2. The van der Waals surface area contributed by atoms with Gasteiger partial charge in [-0.1, -0.05) is 34.1 Å². The van der Waals surface area contributed by atoms with Crippen LogP contribution in [0.4, 0.5) is 4.39 Å². The standard InChI is InChI=1S/C15H12BrFOS/c16-10-5-6-12(17)11(8-10)15(18)14-7-9-3-1-2-4-13(9)19-14/h1-6,8,14-15,18H,7H2. The van der Waals surface area contributed by atoms with Crippen LogP contribution in [0.1, 0.15) is 17.2 Å². The Morgan fingerprint density at radius 1 is 1.26 bits per heavy atom. The zero-order valence-electron chi connectivity index (χ0n) is 10.0. The number of hydrogen-bond donors (Lipinski definition) is 1. The van der Waals surface area contributed by atoms with Gasteiger partial charge in [-0.15, -0.1) is 11.8 Å². The molecule has 1 aliphatic rings. The number of aliphatic hydroxyl groups excluding tert-OH is 1. The maximum absolute atomic E-state index is 13.8. The molecule has 0 fully saturated rings. The fourth-order valence-electron chi connectivity index (χ4n) is 2.33. The van der Waals surface area contributed by atoms with E-state index in [1.54, 1.807) is 23.9 Å². The summed E-state index contributed by atoms with van der Waals surface area (Å²) in [5.41, 5.74) is 1.59. The first-order valence-electron chi connectivity index (χ1n) is 6.03. The predicted molar refractivity (Wildman–Crippen MR) is 78.9 cm³/mol. The summed E-state index contributed by atoms with van der Waals surface area (Å²) in [6.45, 7) is 0. The number of hydrogen-bond acceptors (Lipinski definition) is 2. The van der Waals surface area contributed by atoms with E-state index in [1.165, 1.54) is 16.5 Å². The minimum atomic E-state index is -0.796. The average Bonchev–Trinajstić information content (AvgIpc) is 2.84. The van der Waals surface area contributed by atoms with Gasteiger partial charge in [0.2, 0.25) is 0 Å². The Hall–Kier alpha value is -0.840. The molecule has 0 saturated heterocycles. The van der Waals surface area contributed by atoms with Gasteiger partial charge in [0.1, 0.15) is 5.82 Å². The molecule has 4 heteroatoms. The van der Waals surface area contributed by atoms with Crippen LogP contribution in [0.15, 0.2) is 51.8 Å². The Labute approximate surface area is 124 Å². The number of halogens is 2. The first-order valence-corrected chi connectivity index (χ1v) is 7.70. The maximum atomic E-state index is 13.8. The van der Waals surface area contributed by atoms with E-state index in [0.29, 0.717) is 5.56 Å². The molecule has 0 amide bonds. The molecule has 1 aliphatic heterocycles. The molecule has 2 atom stereocenters. The van der Waals surface area contributed by atoms with Gasteiger partial charge in [-0.05, 0) is 36.2 Å². The Morgan fingerprint density at radius 3 is 2.84 bits per heavy atom. The van der Waals surface area contributed by atoms with E-state index >= 15 is 0 Å². The van der Waals surface area contributed by atoms with Crippen molar-refractivity contribution in [2.24, 2.45) is 0 Å². The van der Waals surface area contributed by atoms with Crippen molar-refractivity contribution in [3.05, 3.63) is 63.9 Å². The molecule has 2 aromatic carbocycles. The number of thioether (sulfide) groups is 1. The third kappa shape index (κ3) is 2.57. The molecule has 98 valence electrons. The summed E-state index contributed by atoms with van der Waals surface area (Å²) in [7, 11) is 0. The molecule has 1 nitrogen and oxygen atoms in total. The molecule has 0 saturated carbocycles. The largest absolute Gasteiger partial charge is 0.387 e. The van der Waals surface area contributed by atoms with E-state index in [9.17, 15) is 9.50 Å². The zero-order chi connectivity index (χ0) is 13.4. The van der Waals surface area contributed by atoms with Crippen molar-refractivity contribution in [1.29, 1.82) is 0 Å². The second-order valence-electron chi connectivity index (χ2n) is 4.58. The van der Waals surface area contributed by atoms with Crippen LogP contribution in [0.2, 0.25) is 0 Å². The molecular weight excluding hydrogens is 327 g/mol. The van der Waals surface area contributed by atoms with Gasteiger partial charge >= 0.3 is 0 Å². The average molecular weight is 339 g/mol. The van der Waals surface area contributed by atoms with E-state index in [4.69, 9.17) is 0 Å². The van der Waals surface area contributed by atoms with Crippen molar-refractivity contribution >= 4 is 27.7 Å². The third-order valence-electron chi connectivity index (χ3n) is 3.30. The summed E-state index contributed by atoms with van der Waals surface area (Å²) in [5, 5.41) is 10.4. The zero-order valence-corrected chi connectivity index (χ0v) is 12.4. The second kappa shape index (κ2) is 5.27. The fraction of sp³-hybridized carbons (Fsp3) is 0.200. The number of aliphatic hydroxyl groups is 1. The van der Waals surface area contributed by atoms with E-state index in [-0.39, 0.29) is 11.1 Å². The van der Waals surface area contributed by atoms with Crippen molar-refractivity contribution < 1.29 is 9.50 Å². The molecule has 2 aromatic rings. The van der Waals surface area contributed by atoms with Crippen molar-refractivity contribution in [2.75, 3.05) is 0 Å². The van der Waals surface area contributed by atoms with Gasteiger partial charge in [-0.25, -0.2) is 4.39 Å². The minimum Gasteiger partial charge on any atom is -0.387 e. The Morgan fingerprint density at radius 2 is 2.05 bits per heavy atom. The van der Waals surface area contributed by atoms with Gasteiger partial charge in [0, 0.05) is 20.2 Å². The lowest BCUT2D eigenvalue weighted by atomic mass is 10.0. The van der Waals surface area contributed by atoms with Crippen LogP contribution >= 0.6 is 27.7 Å². The summed E-state index contributed by atoms with van der Waals surface area (Å²) >= 11 is 4.94. The summed E-state index contributed by atoms with van der Waals surface area (Å²) in [5.74, 6) is -0.354. The lowest BCUT2D eigenvalue weighted by Crippen LogP contribution is -2.15. The smallest absolute Gasteiger partial charge is 0.129 e. The van der Waals surface area contributed by atoms with Crippen LogP contribution in [0.25, 0.3) is 0 Å². The Bertz CT molecular complexity index is 592. The quantitative estimate of drug-likeness (QED) is 0.878. The maximum Gasteiger partial charge on any atom is 0.129 e. The molecule has 0 spiro atoms. The second-order valence-corrected chi connectivity index (χ2v) is 6.78. The van der Waals surface area contributed by atoms with Crippen LogP contribution in [-0.4, -0.2) is 10.4 Å². The molecular formula is C15H12BrFOS. The fourth-order valence-corrected chi connectivity index (χ4v) is 4.03. The van der Waals surface area contributed by atoms with E-state index in [0.717, 1.165) is 10.9 Å². The third-order valence-corrected chi connectivity index (χ3v) is 5.17. The number of rotatable bonds is 2. The van der Waals surface area contributed by atoms with Crippen LogP contribution in [0.3, 0.4) is 0 Å². The van der Waals surface area contributed by atoms with Crippen LogP contribution in [-0.2, 0) is 6.42 Å². The highest BCUT2D eigenvalue weighted by Gasteiger charge is 2.30. The van der Waals surface area contributed by atoms with Crippen molar-refractivity contribution in [2.45, 2.75) is 22.7 Å². The van der Waals surface area contributed by atoms with Crippen LogP contribution in [0, 0.1) is 5.82 Å². The Balaban J connectivity index is 1.87. The van der Waals surface area contributed by atoms with Gasteiger partial charge in [-0.2, -0.15) is 0 Å². The highest BCUT2D eigenvalue weighted by molar-refractivity contribution is 9.10. The lowest BCUT2D eigenvalue weighted by molar-refractivity contribution is 0.170. The van der Waals surface area contributed by atoms with Crippen molar-refractivity contribution in [3.8, 4) is 0 Å².